The molecule has 1 aliphatic heterocycles. The number of carbonyl (C=O) groups is 4. The summed E-state index contributed by atoms with van der Waals surface area (Å²) in [5.74, 6) is -1.18. The standard InChI is InChI=1S/C21H32N2O4.C4H4O4/c1-20-8-6-16-14(15(20)3-4-17(20)24)12-19(25)27-18-11-13(23-26-10-9-22)5-7-21(16,18)2;5-3(6)1-2-4(7)8/h14-16,18H,3-12,22H2,1-2H3;1-2H,(H,5,6)(H,7,8)/b23-13-;2-1+/t14-,15-,16-,18?,20-,21+;/m0./s1. The van der Waals surface area contributed by atoms with Crippen LogP contribution in [-0.4, -0.2) is 58.9 Å². The third-order valence-electron chi connectivity index (χ3n) is 8.55. The first-order valence-electron chi connectivity index (χ1n) is 12.3. The van der Waals surface area contributed by atoms with Gasteiger partial charge in [0, 0.05) is 48.8 Å². The van der Waals surface area contributed by atoms with Crippen molar-refractivity contribution in [3.63, 3.8) is 0 Å². The van der Waals surface area contributed by atoms with E-state index in [-0.39, 0.29) is 28.8 Å². The number of ketones is 1. The van der Waals surface area contributed by atoms with Crippen molar-refractivity contribution in [2.75, 3.05) is 13.2 Å². The number of nitrogens with zero attached hydrogens (tertiary/aromatic N) is 1. The summed E-state index contributed by atoms with van der Waals surface area (Å²) in [6, 6.07) is 0. The first-order chi connectivity index (χ1) is 16.5. The van der Waals surface area contributed by atoms with Crippen molar-refractivity contribution in [3.05, 3.63) is 12.2 Å². The number of carboxylic acid groups (broad SMARTS) is 2. The van der Waals surface area contributed by atoms with Crippen molar-refractivity contribution in [1.82, 2.24) is 0 Å². The first-order valence-corrected chi connectivity index (χ1v) is 12.3. The number of rotatable bonds is 5. The Morgan fingerprint density at radius 2 is 1.77 bits per heavy atom. The Kier molecular flexibility index (Phi) is 8.35. The van der Waals surface area contributed by atoms with Crippen LogP contribution in [0.3, 0.4) is 0 Å². The van der Waals surface area contributed by atoms with Crippen LogP contribution in [0, 0.1) is 28.6 Å². The van der Waals surface area contributed by atoms with Gasteiger partial charge in [0.2, 0.25) is 0 Å². The van der Waals surface area contributed by atoms with Crippen LogP contribution in [-0.2, 0) is 28.8 Å². The number of aliphatic carboxylic acids is 2. The van der Waals surface area contributed by atoms with Gasteiger partial charge in [-0.15, -0.1) is 0 Å². The molecule has 10 nitrogen and oxygen atoms in total. The summed E-state index contributed by atoms with van der Waals surface area (Å²) in [6.07, 6.45) is 7.49. The van der Waals surface area contributed by atoms with Crippen LogP contribution in [0.25, 0.3) is 0 Å². The maximum atomic E-state index is 12.7. The van der Waals surface area contributed by atoms with Crippen molar-refractivity contribution in [2.24, 2.45) is 39.5 Å². The summed E-state index contributed by atoms with van der Waals surface area (Å²) in [5.41, 5.74) is 6.15. The first kappa shape index (κ1) is 26.8. The molecule has 0 aromatic heterocycles. The quantitative estimate of drug-likeness (QED) is 0.226. The number of esters is 1. The summed E-state index contributed by atoms with van der Waals surface area (Å²) >= 11 is 0. The highest BCUT2D eigenvalue weighted by atomic mass is 16.6. The number of nitrogens with two attached hydrogens (primary N) is 1. The number of carboxylic acids is 2. The third kappa shape index (κ3) is 5.74. The minimum absolute atomic E-state index is 0.0450. The van der Waals surface area contributed by atoms with Gasteiger partial charge in [-0.05, 0) is 49.9 Å². The highest BCUT2D eigenvalue weighted by Gasteiger charge is 2.60. The number of ether oxygens (including phenoxy) is 1. The fourth-order valence-electron chi connectivity index (χ4n) is 6.70. The minimum atomic E-state index is -1.26. The molecule has 10 heteroatoms. The number of hydrogen-bond donors (Lipinski definition) is 3. The number of Topliss-reactive ketones (excluding diaryl/α,β-unsaturated/α-hetero) is 1. The van der Waals surface area contributed by atoms with E-state index in [1.54, 1.807) is 0 Å². The zero-order valence-corrected chi connectivity index (χ0v) is 20.4. The lowest BCUT2D eigenvalue weighted by atomic mass is 9.51. The number of carbonyl (C=O) groups excluding carboxylic acids is 2. The van der Waals surface area contributed by atoms with Crippen LogP contribution in [0.15, 0.2) is 17.3 Å². The summed E-state index contributed by atoms with van der Waals surface area (Å²) < 4.78 is 5.97. The van der Waals surface area contributed by atoms with Crippen LogP contribution < -0.4 is 5.73 Å². The van der Waals surface area contributed by atoms with Crippen LogP contribution >= 0.6 is 0 Å². The lowest BCUT2D eigenvalue weighted by Crippen LogP contribution is -2.51. The van der Waals surface area contributed by atoms with E-state index in [0.29, 0.717) is 62.2 Å². The zero-order valence-electron chi connectivity index (χ0n) is 20.4. The average Bonchev–Trinajstić information content (AvgIpc) is 3.04. The van der Waals surface area contributed by atoms with E-state index in [4.69, 9.17) is 25.5 Å². The van der Waals surface area contributed by atoms with E-state index in [2.05, 4.69) is 19.0 Å². The second-order valence-electron chi connectivity index (χ2n) is 10.5. The fraction of sp³-hybridized carbons (Fsp3) is 0.720. The molecule has 35 heavy (non-hydrogen) atoms. The molecule has 6 atom stereocenters. The van der Waals surface area contributed by atoms with Crippen molar-refractivity contribution in [3.8, 4) is 0 Å². The van der Waals surface area contributed by atoms with Gasteiger partial charge >= 0.3 is 17.9 Å². The molecule has 0 spiro atoms. The Morgan fingerprint density at radius 3 is 2.40 bits per heavy atom. The fourth-order valence-corrected chi connectivity index (χ4v) is 6.70. The van der Waals surface area contributed by atoms with Gasteiger partial charge in [-0.25, -0.2) is 9.59 Å². The second kappa shape index (κ2) is 10.9. The normalized spacial score (nSPS) is 37.3. The van der Waals surface area contributed by atoms with E-state index in [0.717, 1.165) is 37.8 Å². The Hall–Kier alpha value is -2.75. The van der Waals surface area contributed by atoms with Crippen molar-refractivity contribution in [1.29, 1.82) is 0 Å². The number of fused-ring (bicyclic) bond motifs is 5. The molecular formula is C25H36N2O8. The molecule has 0 aromatic carbocycles. The maximum absolute atomic E-state index is 12.7. The monoisotopic (exact) mass is 492 g/mol. The van der Waals surface area contributed by atoms with Crippen LogP contribution in [0.1, 0.15) is 65.2 Å². The minimum Gasteiger partial charge on any atom is -0.478 e. The molecule has 3 aliphatic carbocycles. The molecule has 4 N–H and O–H groups in total. The molecule has 4 aliphatic rings. The molecule has 1 saturated heterocycles. The number of oxime groups is 1. The Morgan fingerprint density at radius 1 is 1.09 bits per heavy atom. The predicted molar refractivity (Wildman–Crippen MR) is 125 cm³/mol. The van der Waals surface area contributed by atoms with E-state index >= 15 is 0 Å². The van der Waals surface area contributed by atoms with Gasteiger partial charge in [0.25, 0.3) is 0 Å². The van der Waals surface area contributed by atoms with Gasteiger partial charge in [0.05, 0.1) is 5.71 Å². The highest BCUT2D eigenvalue weighted by molar-refractivity contribution is 5.89. The van der Waals surface area contributed by atoms with Crippen LogP contribution in [0.4, 0.5) is 0 Å². The lowest BCUT2D eigenvalue weighted by molar-refractivity contribution is -0.154. The van der Waals surface area contributed by atoms with Crippen molar-refractivity contribution >= 4 is 29.4 Å². The Bertz CT molecular complexity index is 899. The largest absolute Gasteiger partial charge is 0.478 e. The average molecular weight is 493 g/mol. The Balaban J connectivity index is 0.000000371. The molecule has 194 valence electrons. The van der Waals surface area contributed by atoms with Crippen molar-refractivity contribution < 1.29 is 39.0 Å². The summed E-state index contributed by atoms with van der Waals surface area (Å²) in [4.78, 5) is 49.6. The second-order valence-corrected chi connectivity index (χ2v) is 10.5. The topological polar surface area (TPSA) is 166 Å². The molecule has 1 heterocycles. The van der Waals surface area contributed by atoms with Gasteiger partial charge in [-0.3, -0.25) is 9.59 Å². The van der Waals surface area contributed by atoms with Gasteiger partial charge in [-0.2, -0.15) is 0 Å². The van der Waals surface area contributed by atoms with Crippen molar-refractivity contribution in [2.45, 2.75) is 71.3 Å². The molecule has 0 amide bonds. The summed E-state index contributed by atoms with van der Waals surface area (Å²) in [6.45, 7) is 5.28. The summed E-state index contributed by atoms with van der Waals surface area (Å²) in [7, 11) is 0. The molecule has 0 bridgehead atoms. The number of hydrogen-bond acceptors (Lipinski definition) is 8. The van der Waals surface area contributed by atoms with E-state index < -0.39 is 11.9 Å². The molecule has 4 rings (SSSR count). The molecule has 3 saturated carbocycles. The van der Waals surface area contributed by atoms with E-state index in [1.807, 2.05) is 0 Å². The van der Waals surface area contributed by atoms with E-state index in [9.17, 15) is 19.2 Å². The molecular weight excluding hydrogens is 456 g/mol. The van der Waals surface area contributed by atoms with Crippen LogP contribution in [0.2, 0.25) is 0 Å². The van der Waals surface area contributed by atoms with Gasteiger partial charge in [0.1, 0.15) is 18.5 Å². The third-order valence-corrected chi connectivity index (χ3v) is 8.55. The Labute approximate surface area is 204 Å². The maximum Gasteiger partial charge on any atom is 0.328 e. The van der Waals surface area contributed by atoms with Gasteiger partial charge < -0.3 is 25.5 Å². The molecule has 4 fully saturated rings. The lowest BCUT2D eigenvalue weighted by Gasteiger charge is -2.52. The SMILES string of the molecule is C[C@]12CC/C(=N/OCCN)CC1OC(=O)C[C@@H]1[C@@H]2CC[C@]2(C)C(=O)CC[C@@H]12.O=C(O)/C=C/C(=O)O. The highest BCUT2D eigenvalue weighted by Crippen LogP contribution is 2.62. The predicted octanol–water partition coefficient (Wildman–Crippen LogP) is 2.55. The smallest absolute Gasteiger partial charge is 0.328 e. The molecule has 0 radical (unpaired) electrons. The summed E-state index contributed by atoms with van der Waals surface area (Å²) in [5, 5.41) is 19.9. The van der Waals surface area contributed by atoms with Gasteiger partial charge in [-0.1, -0.05) is 19.0 Å². The van der Waals surface area contributed by atoms with Crippen LogP contribution in [0.5, 0.6) is 0 Å². The zero-order chi connectivity index (χ0) is 25.8. The molecule has 0 aromatic rings. The molecule has 1 unspecified atom stereocenters. The van der Waals surface area contributed by atoms with E-state index in [1.165, 1.54) is 0 Å². The van der Waals surface area contributed by atoms with Gasteiger partial charge in [0.15, 0.2) is 0 Å².